The number of amides is 1. The molecule has 7 heteroatoms. The van der Waals surface area contributed by atoms with E-state index in [1.807, 2.05) is 0 Å². The highest BCUT2D eigenvalue weighted by Gasteiger charge is 2.52. The zero-order valence-electron chi connectivity index (χ0n) is 12.2. The van der Waals surface area contributed by atoms with Crippen LogP contribution in [0.1, 0.15) is 39.5 Å². The third kappa shape index (κ3) is 3.93. The van der Waals surface area contributed by atoms with Crippen molar-refractivity contribution in [3.05, 3.63) is 0 Å². The van der Waals surface area contributed by atoms with Gasteiger partial charge in [0.15, 0.2) is 12.2 Å². The second-order valence-corrected chi connectivity index (χ2v) is 5.89. The van der Waals surface area contributed by atoms with Crippen molar-refractivity contribution < 1.29 is 29.0 Å². The van der Waals surface area contributed by atoms with E-state index in [0.717, 1.165) is 25.7 Å². The number of carboxylic acids is 1. The van der Waals surface area contributed by atoms with Gasteiger partial charge < -0.3 is 19.9 Å². The highest BCUT2D eigenvalue weighted by atomic mass is 16.6. The maximum Gasteiger partial charge on any atom is 0.338 e. The standard InChI is InChI=1S/C14H21NO6/c1-7(2)9(13(17)18)15-12(16)10-11(21-10)14(19)20-8-5-3-4-6-8/h7-11H,3-6H2,1-2H3,(H,15,16)(H,17,18)/t9-,10?,11?/m0/s1. The molecule has 0 bridgehead atoms. The second kappa shape index (κ2) is 6.43. The molecule has 0 aromatic rings. The monoisotopic (exact) mass is 299 g/mol. The number of hydrogen-bond acceptors (Lipinski definition) is 5. The maximum atomic E-state index is 11.9. The van der Waals surface area contributed by atoms with Crippen LogP contribution in [0.3, 0.4) is 0 Å². The minimum Gasteiger partial charge on any atom is -0.480 e. The molecule has 1 saturated heterocycles. The molecule has 2 aliphatic rings. The van der Waals surface area contributed by atoms with E-state index in [1.165, 1.54) is 0 Å². The molecule has 0 aromatic heterocycles. The summed E-state index contributed by atoms with van der Waals surface area (Å²) in [5.41, 5.74) is 0. The van der Waals surface area contributed by atoms with Crippen molar-refractivity contribution in [2.24, 2.45) is 5.92 Å². The molecule has 1 aliphatic heterocycles. The first-order valence-electron chi connectivity index (χ1n) is 7.29. The number of carboxylic acid groups (broad SMARTS) is 1. The number of nitrogens with one attached hydrogen (secondary N) is 1. The zero-order valence-corrected chi connectivity index (χ0v) is 12.2. The smallest absolute Gasteiger partial charge is 0.338 e. The van der Waals surface area contributed by atoms with Crippen LogP contribution in [0.4, 0.5) is 0 Å². The normalized spacial score (nSPS) is 26.4. The summed E-state index contributed by atoms with van der Waals surface area (Å²) >= 11 is 0. The number of esters is 1. The average Bonchev–Trinajstić information content (AvgIpc) is 3.06. The van der Waals surface area contributed by atoms with Gasteiger partial charge in [-0.05, 0) is 31.6 Å². The number of carbonyl (C=O) groups excluding carboxylic acids is 2. The number of hydrogen-bond donors (Lipinski definition) is 2. The lowest BCUT2D eigenvalue weighted by molar-refractivity contribution is -0.150. The summed E-state index contributed by atoms with van der Waals surface area (Å²) in [5.74, 6) is -2.47. The molecule has 1 amide bonds. The van der Waals surface area contributed by atoms with Crippen molar-refractivity contribution in [2.45, 2.75) is 63.9 Å². The Morgan fingerprint density at radius 1 is 1.19 bits per heavy atom. The molecular formula is C14H21NO6. The summed E-state index contributed by atoms with van der Waals surface area (Å²) in [6.45, 7) is 3.39. The summed E-state index contributed by atoms with van der Waals surface area (Å²) in [7, 11) is 0. The molecule has 2 rings (SSSR count). The van der Waals surface area contributed by atoms with Crippen molar-refractivity contribution in [3.63, 3.8) is 0 Å². The summed E-state index contributed by atoms with van der Waals surface area (Å²) in [5, 5.41) is 11.4. The number of carbonyl (C=O) groups is 3. The van der Waals surface area contributed by atoms with Crippen LogP contribution in [-0.2, 0) is 23.9 Å². The fourth-order valence-corrected chi connectivity index (χ4v) is 2.48. The van der Waals surface area contributed by atoms with Crippen LogP contribution in [0.15, 0.2) is 0 Å². The predicted molar refractivity (Wildman–Crippen MR) is 71.4 cm³/mol. The summed E-state index contributed by atoms with van der Waals surface area (Å²) in [6, 6.07) is -0.992. The van der Waals surface area contributed by atoms with E-state index >= 15 is 0 Å². The number of epoxide rings is 1. The highest BCUT2D eigenvalue weighted by Crippen LogP contribution is 2.27. The van der Waals surface area contributed by atoms with E-state index in [1.54, 1.807) is 13.8 Å². The van der Waals surface area contributed by atoms with Gasteiger partial charge in [-0.25, -0.2) is 9.59 Å². The first-order valence-corrected chi connectivity index (χ1v) is 7.29. The fourth-order valence-electron chi connectivity index (χ4n) is 2.48. The molecule has 21 heavy (non-hydrogen) atoms. The molecule has 1 heterocycles. The Balaban J connectivity index is 1.80. The summed E-state index contributed by atoms with van der Waals surface area (Å²) in [6.07, 6.45) is 1.89. The number of ether oxygens (including phenoxy) is 2. The molecule has 1 saturated carbocycles. The molecule has 2 unspecified atom stereocenters. The van der Waals surface area contributed by atoms with E-state index in [2.05, 4.69) is 5.32 Å². The largest absolute Gasteiger partial charge is 0.480 e. The maximum absolute atomic E-state index is 11.9. The summed E-state index contributed by atoms with van der Waals surface area (Å²) < 4.78 is 10.3. The van der Waals surface area contributed by atoms with Crippen molar-refractivity contribution in [3.8, 4) is 0 Å². The lowest BCUT2D eigenvalue weighted by Crippen LogP contribution is -2.46. The molecule has 3 atom stereocenters. The molecule has 2 fully saturated rings. The Morgan fingerprint density at radius 2 is 1.81 bits per heavy atom. The molecular weight excluding hydrogens is 278 g/mol. The number of aliphatic carboxylic acids is 1. The van der Waals surface area contributed by atoms with Gasteiger partial charge >= 0.3 is 11.9 Å². The van der Waals surface area contributed by atoms with Crippen LogP contribution in [-0.4, -0.2) is 47.3 Å². The second-order valence-electron chi connectivity index (χ2n) is 5.89. The van der Waals surface area contributed by atoms with Crippen LogP contribution in [0, 0.1) is 5.92 Å². The van der Waals surface area contributed by atoms with Crippen molar-refractivity contribution in [1.82, 2.24) is 5.32 Å². The Hall–Kier alpha value is -1.63. The van der Waals surface area contributed by atoms with Crippen LogP contribution in [0.2, 0.25) is 0 Å². The molecule has 0 aromatic carbocycles. The Labute approximate surface area is 123 Å². The SMILES string of the molecule is CC(C)[C@H](NC(=O)C1OC1C(=O)OC1CCCC1)C(=O)O. The third-order valence-electron chi connectivity index (χ3n) is 3.80. The van der Waals surface area contributed by atoms with E-state index in [-0.39, 0.29) is 12.0 Å². The summed E-state index contributed by atoms with van der Waals surface area (Å²) in [4.78, 5) is 34.7. The first-order chi connectivity index (χ1) is 9.90. The van der Waals surface area contributed by atoms with Crippen molar-refractivity contribution in [2.75, 3.05) is 0 Å². The van der Waals surface area contributed by atoms with Gasteiger partial charge in [0, 0.05) is 0 Å². The molecule has 0 radical (unpaired) electrons. The van der Waals surface area contributed by atoms with Crippen LogP contribution < -0.4 is 5.32 Å². The van der Waals surface area contributed by atoms with Gasteiger partial charge in [-0.3, -0.25) is 4.79 Å². The molecule has 7 nitrogen and oxygen atoms in total. The van der Waals surface area contributed by atoms with Crippen molar-refractivity contribution >= 4 is 17.8 Å². The van der Waals surface area contributed by atoms with Gasteiger partial charge in [-0.2, -0.15) is 0 Å². The van der Waals surface area contributed by atoms with E-state index in [9.17, 15) is 14.4 Å². The van der Waals surface area contributed by atoms with E-state index in [4.69, 9.17) is 14.6 Å². The minimum absolute atomic E-state index is 0.0761. The lowest BCUT2D eigenvalue weighted by Gasteiger charge is -2.17. The van der Waals surface area contributed by atoms with Crippen LogP contribution in [0.25, 0.3) is 0 Å². The van der Waals surface area contributed by atoms with Crippen molar-refractivity contribution in [1.29, 1.82) is 0 Å². The van der Waals surface area contributed by atoms with Crippen LogP contribution >= 0.6 is 0 Å². The Kier molecular flexibility index (Phi) is 4.82. The highest BCUT2D eigenvalue weighted by molar-refractivity contribution is 5.94. The third-order valence-corrected chi connectivity index (χ3v) is 3.80. The molecule has 118 valence electrons. The van der Waals surface area contributed by atoms with Gasteiger partial charge in [0.05, 0.1) is 0 Å². The van der Waals surface area contributed by atoms with Gasteiger partial charge in [0.2, 0.25) is 0 Å². The fraction of sp³-hybridized carbons (Fsp3) is 0.786. The first kappa shape index (κ1) is 15.8. The lowest BCUT2D eigenvalue weighted by atomic mass is 10.0. The zero-order chi connectivity index (χ0) is 15.6. The Bertz CT molecular complexity index is 429. The van der Waals surface area contributed by atoms with E-state index < -0.39 is 36.1 Å². The molecule has 0 spiro atoms. The number of rotatable bonds is 6. The van der Waals surface area contributed by atoms with Gasteiger partial charge in [-0.15, -0.1) is 0 Å². The van der Waals surface area contributed by atoms with Gasteiger partial charge in [0.25, 0.3) is 5.91 Å². The van der Waals surface area contributed by atoms with Gasteiger partial charge in [0.1, 0.15) is 12.1 Å². The molecule has 2 N–H and O–H groups in total. The average molecular weight is 299 g/mol. The topological polar surface area (TPSA) is 105 Å². The van der Waals surface area contributed by atoms with Gasteiger partial charge in [-0.1, -0.05) is 13.8 Å². The predicted octanol–water partition coefficient (Wildman–Crippen LogP) is 0.465. The quantitative estimate of drug-likeness (QED) is 0.545. The van der Waals surface area contributed by atoms with E-state index in [0.29, 0.717) is 0 Å². The minimum atomic E-state index is -1.11. The van der Waals surface area contributed by atoms with Crippen LogP contribution in [0.5, 0.6) is 0 Å². The Morgan fingerprint density at radius 3 is 2.33 bits per heavy atom. The molecule has 1 aliphatic carbocycles.